The van der Waals surface area contributed by atoms with Crippen molar-refractivity contribution in [3.8, 4) is 0 Å². The molecule has 7 heteroatoms. The molecule has 1 heterocycles. The van der Waals surface area contributed by atoms with Crippen molar-refractivity contribution in [1.29, 1.82) is 0 Å². The van der Waals surface area contributed by atoms with Crippen LogP contribution in [0, 0.1) is 0 Å². The zero-order valence-electron chi connectivity index (χ0n) is 10.6. The SMILES string of the molecule is CCCN(CC(=O)O)C(=O)Nc1cnn(CC)c1. The molecule has 0 aliphatic rings. The van der Waals surface area contributed by atoms with Gasteiger partial charge in [-0.05, 0) is 13.3 Å². The first-order valence-electron chi connectivity index (χ1n) is 5.87. The van der Waals surface area contributed by atoms with E-state index in [1.54, 1.807) is 10.9 Å². The van der Waals surface area contributed by atoms with E-state index in [4.69, 9.17) is 5.11 Å². The van der Waals surface area contributed by atoms with Gasteiger partial charge in [-0.1, -0.05) is 6.92 Å². The number of carbonyl (C=O) groups is 2. The molecule has 2 amide bonds. The molecule has 0 bridgehead atoms. The van der Waals surface area contributed by atoms with Gasteiger partial charge in [-0.2, -0.15) is 5.10 Å². The quantitative estimate of drug-likeness (QED) is 0.799. The van der Waals surface area contributed by atoms with Crippen molar-refractivity contribution in [3.63, 3.8) is 0 Å². The Morgan fingerprint density at radius 1 is 1.50 bits per heavy atom. The van der Waals surface area contributed by atoms with E-state index in [2.05, 4.69) is 10.4 Å². The normalized spacial score (nSPS) is 10.1. The molecule has 1 aromatic heterocycles. The number of carboxylic acids is 1. The van der Waals surface area contributed by atoms with Gasteiger partial charge in [0, 0.05) is 19.3 Å². The van der Waals surface area contributed by atoms with Gasteiger partial charge in [0.1, 0.15) is 6.54 Å². The van der Waals surface area contributed by atoms with Crippen LogP contribution in [0.4, 0.5) is 10.5 Å². The van der Waals surface area contributed by atoms with Crippen molar-refractivity contribution in [2.24, 2.45) is 0 Å². The number of carbonyl (C=O) groups excluding carboxylic acids is 1. The van der Waals surface area contributed by atoms with Crippen LogP contribution in [0.1, 0.15) is 20.3 Å². The molecular weight excluding hydrogens is 236 g/mol. The van der Waals surface area contributed by atoms with Gasteiger partial charge in [0.25, 0.3) is 0 Å². The van der Waals surface area contributed by atoms with Crippen LogP contribution in [0.3, 0.4) is 0 Å². The minimum atomic E-state index is -1.03. The van der Waals surface area contributed by atoms with Crippen LogP contribution in [-0.4, -0.2) is 44.9 Å². The van der Waals surface area contributed by atoms with E-state index in [-0.39, 0.29) is 6.54 Å². The van der Waals surface area contributed by atoms with Crippen LogP contribution in [0.25, 0.3) is 0 Å². The molecule has 1 aromatic rings. The largest absolute Gasteiger partial charge is 0.480 e. The molecule has 0 aliphatic carbocycles. The molecule has 1 rings (SSSR count). The summed E-state index contributed by atoms with van der Waals surface area (Å²) in [5, 5.41) is 15.4. The Morgan fingerprint density at radius 2 is 2.22 bits per heavy atom. The number of nitrogens with zero attached hydrogens (tertiary/aromatic N) is 3. The first kappa shape index (κ1) is 14.0. The maximum absolute atomic E-state index is 11.9. The third kappa shape index (κ3) is 4.08. The van der Waals surface area contributed by atoms with Gasteiger partial charge in [-0.15, -0.1) is 0 Å². The molecule has 0 saturated carbocycles. The minimum absolute atomic E-state index is 0.304. The van der Waals surface area contributed by atoms with E-state index in [9.17, 15) is 9.59 Å². The van der Waals surface area contributed by atoms with E-state index in [1.807, 2.05) is 13.8 Å². The summed E-state index contributed by atoms with van der Waals surface area (Å²) in [4.78, 5) is 23.8. The number of amides is 2. The Morgan fingerprint density at radius 3 is 2.72 bits per heavy atom. The van der Waals surface area contributed by atoms with Crippen molar-refractivity contribution < 1.29 is 14.7 Å². The molecular formula is C11H18N4O3. The lowest BCUT2D eigenvalue weighted by atomic mass is 10.4. The van der Waals surface area contributed by atoms with Gasteiger partial charge in [-0.25, -0.2) is 4.79 Å². The van der Waals surface area contributed by atoms with E-state index in [0.717, 1.165) is 0 Å². The number of aliphatic carboxylic acids is 1. The summed E-state index contributed by atoms with van der Waals surface area (Å²) in [6, 6.07) is -0.421. The number of urea groups is 1. The number of hydrogen-bond acceptors (Lipinski definition) is 3. The van der Waals surface area contributed by atoms with E-state index in [1.165, 1.54) is 11.1 Å². The van der Waals surface area contributed by atoms with Crippen LogP contribution < -0.4 is 5.32 Å². The molecule has 0 aromatic carbocycles. The third-order valence-corrected chi connectivity index (χ3v) is 2.32. The average Bonchev–Trinajstić information content (AvgIpc) is 2.75. The van der Waals surface area contributed by atoms with Crippen LogP contribution in [0.15, 0.2) is 12.4 Å². The van der Waals surface area contributed by atoms with Crippen molar-refractivity contribution in [1.82, 2.24) is 14.7 Å². The minimum Gasteiger partial charge on any atom is -0.480 e. The van der Waals surface area contributed by atoms with Crippen LogP contribution in [-0.2, 0) is 11.3 Å². The zero-order chi connectivity index (χ0) is 13.5. The number of aromatic nitrogens is 2. The molecule has 100 valence electrons. The van der Waals surface area contributed by atoms with Gasteiger partial charge in [0.05, 0.1) is 11.9 Å². The molecule has 0 aliphatic heterocycles. The fourth-order valence-corrected chi connectivity index (χ4v) is 1.49. The fraction of sp³-hybridized carbons (Fsp3) is 0.545. The zero-order valence-corrected chi connectivity index (χ0v) is 10.6. The second kappa shape index (κ2) is 6.63. The summed E-state index contributed by atoms with van der Waals surface area (Å²) in [5.41, 5.74) is 0.563. The predicted molar refractivity (Wildman–Crippen MR) is 66.4 cm³/mol. The Kier molecular flexibility index (Phi) is 5.16. The van der Waals surface area contributed by atoms with Gasteiger partial charge in [-0.3, -0.25) is 9.48 Å². The van der Waals surface area contributed by atoms with Crippen LogP contribution >= 0.6 is 0 Å². The molecule has 0 unspecified atom stereocenters. The van der Waals surface area contributed by atoms with Crippen molar-refractivity contribution in [2.75, 3.05) is 18.4 Å². The number of carboxylic acid groups (broad SMARTS) is 1. The highest BCUT2D eigenvalue weighted by Gasteiger charge is 2.16. The number of rotatable bonds is 6. The number of anilines is 1. The lowest BCUT2D eigenvalue weighted by Crippen LogP contribution is -2.39. The topological polar surface area (TPSA) is 87.5 Å². The Labute approximate surface area is 105 Å². The second-order valence-electron chi connectivity index (χ2n) is 3.83. The van der Waals surface area contributed by atoms with E-state index in [0.29, 0.717) is 25.2 Å². The molecule has 7 nitrogen and oxygen atoms in total. The highest BCUT2D eigenvalue weighted by atomic mass is 16.4. The maximum atomic E-state index is 11.9. The van der Waals surface area contributed by atoms with Gasteiger partial charge >= 0.3 is 12.0 Å². The Bertz CT molecular complexity index is 416. The van der Waals surface area contributed by atoms with E-state index < -0.39 is 12.0 Å². The average molecular weight is 254 g/mol. The monoisotopic (exact) mass is 254 g/mol. The van der Waals surface area contributed by atoms with E-state index >= 15 is 0 Å². The number of nitrogens with one attached hydrogen (secondary N) is 1. The second-order valence-corrected chi connectivity index (χ2v) is 3.83. The fourth-order valence-electron chi connectivity index (χ4n) is 1.49. The molecule has 0 saturated heterocycles. The summed E-state index contributed by atoms with van der Waals surface area (Å²) in [6.07, 6.45) is 3.93. The highest BCUT2D eigenvalue weighted by molar-refractivity contribution is 5.91. The maximum Gasteiger partial charge on any atom is 0.323 e. The third-order valence-electron chi connectivity index (χ3n) is 2.32. The summed E-state index contributed by atoms with van der Waals surface area (Å²) in [6.45, 7) is 4.63. The molecule has 0 radical (unpaired) electrons. The summed E-state index contributed by atoms with van der Waals surface area (Å²) in [5.74, 6) is -1.03. The van der Waals surface area contributed by atoms with Crippen LogP contribution in [0.5, 0.6) is 0 Å². The highest BCUT2D eigenvalue weighted by Crippen LogP contribution is 2.06. The first-order valence-corrected chi connectivity index (χ1v) is 5.87. The van der Waals surface area contributed by atoms with Gasteiger partial charge in [0.15, 0.2) is 0 Å². The van der Waals surface area contributed by atoms with Gasteiger partial charge < -0.3 is 15.3 Å². The smallest absolute Gasteiger partial charge is 0.323 e. The first-order chi connectivity index (χ1) is 8.56. The van der Waals surface area contributed by atoms with Crippen molar-refractivity contribution in [3.05, 3.63) is 12.4 Å². The Hall–Kier alpha value is -2.05. The summed E-state index contributed by atoms with van der Waals surface area (Å²) < 4.78 is 1.68. The molecule has 2 N–H and O–H groups in total. The molecule has 0 atom stereocenters. The predicted octanol–water partition coefficient (Wildman–Crippen LogP) is 1.23. The Balaban J connectivity index is 2.62. The van der Waals surface area contributed by atoms with Crippen molar-refractivity contribution in [2.45, 2.75) is 26.8 Å². The molecule has 0 spiro atoms. The lowest BCUT2D eigenvalue weighted by molar-refractivity contribution is -0.137. The molecule has 18 heavy (non-hydrogen) atoms. The molecule has 0 fully saturated rings. The number of aryl methyl sites for hydroxylation is 1. The lowest BCUT2D eigenvalue weighted by Gasteiger charge is -2.19. The standard InChI is InChI=1S/C11H18N4O3/c1-3-5-14(8-10(16)17)11(18)13-9-6-12-15(4-2)7-9/h6-7H,3-5,8H2,1-2H3,(H,13,18)(H,16,17). The van der Waals surface area contributed by atoms with Gasteiger partial charge in [0.2, 0.25) is 0 Å². The van der Waals surface area contributed by atoms with Crippen molar-refractivity contribution >= 4 is 17.7 Å². The van der Waals surface area contributed by atoms with Crippen LogP contribution in [0.2, 0.25) is 0 Å². The summed E-state index contributed by atoms with van der Waals surface area (Å²) in [7, 11) is 0. The summed E-state index contributed by atoms with van der Waals surface area (Å²) >= 11 is 0. The number of hydrogen-bond donors (Lipinski definition) is 2.